The molecule has 1 fully saturated rings. The van der Waals surface area contributed by atoms with Crippen LogP contribution in [0.2, 0.25) is 0 Å². The summed E-state index contributed by atoms with van der Waals surface area (Å²) >= 11 is 0. The van der Waals surface area contributed by atoms with Gasteiger partial charge in [0.1, 0.15) is 24.1 Å². The van der Waals surface area contributed by atoms with Crippen molar-refractivity contribution in [1.82, 2.24) is 4.57 Å². The molecule has 0 N–H and O–H groups in total. The van der Waals surface area contributed by atoms with Crippen molar-refractivity contribution in [3.8, 4) is 5.69 Å². The molecular weight excluding hydrogens is 355 g/mol. The fraction of sp³-hybridized carbons (Fsp3) is 0.550. The first-order chi connectivity index (χ1) is 12.6. The minimum Gasteiger partial charge on any atom is -0.418 e. The zero-order valence-corrected chi connectivity index (χ0v) is 16.4. The summed E-state index contributed by atoms with van der Waals surface area (Å²) in [5.74, 6) is 0. The highest BCUT2D eigenvalue weighted by atomic mass is 19.5. The summed E-state index contributed by atoms with van der Waals surface area (Å²) in [6.07, 6.45) is 16.5. The number of benzene rings is 1. The smallest absolute Gasteiger partial charge is 0.418 e. The molecule has 150 valence electrons. The number of aromatic nitrogens is 2. The Kier molecular flexibility index (Phi) is 7.51. The number of nitrogens with zero attached hydrogens (tertiary/aromatic N) is 2. The van der Waals surface area contributed by atoms with E-state index in [1.54, 1.807) is 0 Å². The molecule has 1 aromatic heterocycles. The van der Waals surface area contributed by atoms with Crippen LogP contribution in [-0.4, -0.2) is 11.8 Å². The number of rotatable bonds is 2. The summed E-state index contributed by atoms with van der Waals surface area (Å²) in [5, 5.41) is 0. The summed E-state index contributed by atoms with van der Waals surface area (Å²) in [4.78, 5) is 0. The molecule has 1 aliphatic rings. The van der Waals surface area contributed by atoms with Crippen molar-refractivity contribution >= 4 is 7.25 Å². The average molecular weight is 384 g/mol. The van der Waals surface area contributed by atoms with Crippen LogP contribution in [0.15, 0.2) is 30.9 Å². The van der Waals surface area contributed by atoms with Gasteiger partial charge in [0.25, 0.3) is 0 Å². The van der Waals surface area contributed by atoms with Crippen molar-refractivity contribution in [3.63, 3.8) is 0 Å². The van der Waals surface area contributed by atoms with Crippen LogP contribution in [0.1, 0.15) is 67.7 Å². The molecule has 2 aromatic rings. The van der Waals surface area contributed by atoms with E-state index in [0.717, 1.165) is 0 Å². The maximum absolute atomic E-state index is 9.75. The highest BCUT2D eigenvalue weighted by Crippen LogP contribution is 2.24. The van der Waals surface area contributed by atoms with Gasteiger partial charge in [-0.1, -0.05) is 37.0 Å². The quantitative estimate of drug-likeness (QED) is 0.328. The van der Waals surface area contributed by atoms with Crippen LogP contribution in [-0.2, 0) is 0 Å². The molecule has 0 radical (unpaired) electrons. The maximum atomic E-state index is 9.75. The van der Waals surface area contributed by atoms with Gasteiger partial charge in [0.05, 0.1) is 0 Å². The molecule has 0 spiro atoms. The van der Waals surface area contributed by atoms with E-state index in [1.165, 1.54) is 67.3 Å². The Morgan fingerprint density at radius 2 is 1.37 bits per heavy atom. The standard InChI is InChI=1S/C20H29N2.BF4/c1-16-13-17(2)20(18(3)14-16)22-12-11-21(15-22)19-9-7-5-4-6-8-10-19;2-1(3,4)5/h11-15,19H,4-10H2,1-3H3;/q+1;-1. The third kappa shape index (κ3) is 7.04. The fourth-order valence-electron chi connectivity index (χ4n) is 4.03. The van der Waals surface area contributed by atoms with Crippen molar-refractivity contribution in [2.24, 2.45) is 0 Å². The van der Waals surface area contributed by atoms with Crippen LogP contribution < -0.4 is 4.57 Å². The van der Waals surface area contributed by atoms with Gasteiger partial charge < -0.3 is 17.3 Å². The van der Waals surface area contributed by atoms with Crippen LogP contribution in [0.3, 0.4) is 0 Å². The monoisotopic (exact) mass is 384 g/mol. The lowest BCUT2D eigenvalue weighted by Crippen LogP contribution is -2.37. The van der Waals surface area contributed by atoms with Crippen molar-refractivity contribution in [1.29, 1.82) is 0 Å². The Labute approximate surface area is 159 Å². The third-order valence-corrected chi connectivity index (χ3v) is 5.05. The van der Waals surface area contributed by atoms with Gasteiger partial charge in [-0.25, -0.2) is 9.13 Å². The lowest BCUT2D eigenvalue weighted by Gasteiger charge is -2.16. The summed E-state index contributed by atoms with van der Waals surface area (Å²) in [6, 6.07) is 5.25. The Hall–Kier alpha value is -1.79. The normalized spacial score (nSPS) is 16.3. The SMILES string of the molecule is Cc1cc(C)c(-n2cc[n+](C3CCCCCCC3)c2)c(C)c1.F[B-](F)(F)F. The van der Waals surface area contributed by atoms with Crippen molar-refractivity contribution in [3.05, 3.63) is 47.5 Å². The van der Waals surface area contributed by atoms with E-state index in [2.05, 4.69) is 60.8 Å². The largest absolute Gasteiger partial charge is 0.673 e. The second kappa shape index (κ2) is 9.42. The first kappa shape index (κ1) is 21.5. The molecule has 0 unspecified atom stereocenters. The molecule has 1 aliphatic carbocycles. The van der Waals surface area contributed by atoms with Crippen LogP contribution >= 0.6 is 0 Å². The lowest BCUT2D eigenvalue weighted by molar-refractivity contribution is -0.724. The molecule has 0 saturated heterocycles. The molecule has 1 heterocycles. The second-order valence-electron chi connectivity index (χ2n) is 7.51. The zero-order valence-electron chi connectivity index (χ0n) is 16.4. The number of halogens is 4. The van der Waals surface area contributed by atoms with Gasteiger partial charge in [-0.05, 0) is 57.6 Å². The molecular formula is C20H29BF4N2. The van der Waals surface area contributed by atoms with Crippen LogP contribution in [0.25, 0.3) is 5.69 Å². The Bertz CT molecular complexity index is 703. The summed E-state index contributed by atoms with van der Waals surface area (Å²) in [7, 11) is -6.00. The highest BCUT2D eigenvalue weighted by Gasteiger charge is 2.21. The molecule has 0 bridgehead atoms. The van der Waals surface area contributed by atoms with Crippen molar-refractivity contribution < 1.29 is 21.8 Å². The van der Waals surface area contributed by atoms with Gasteiger partial charge in [-0.2, -0.15) is 0 Å². The first-order valence-corrected chi connectivity index (χ1v) is 9.69. The van der Waals surface area contributed by atoms with E-state index >= 15 is 0 Å². The summed E-state index contributed by atoms with van der Waals surface area (Å²) in [6.45, 7) is 6.61. The van der Waals surface area contributed by atoms with E-state index in [4.69, 9.17) is 0 Å². The van der Waals surface area contributed by atoms with Crippen LogP contribution in [0.5, 0.6) is 0 Å². The first-order valence-electron chi connectivity index (χ1n) is 9.69. The Morgan fingerprint density at radius 3 is 1.89 bits per heavy atom. The molecule has 1 aromatic carbocycles. The topological polar surface area (TPSA) is 8.81 Å². The second-order valence-corrected chi connectivity index (χ2v) is 7.51. The number of hydrogen-bond donors (Lipinski definition) is 0. The lowest BCUT2D eigenvalue weighted by atomic mass is 9.97. The molecule has 0 amide bonds. The van der Waals surface area contributed by atoms with E-state index in [9.17, 15) is 17.3 Å². The predicted molar refractivity (Wildman–Crippen MR) is 102 cm³/mol. The zero-order chi connectivity index (χ0) is 20.0. The molecule has 0 aliphatic heterocycles. The fourth-order valence-corrected chi connectivity index (χ4v) is 4.03. The van der Waals surface area contributed by atoms with Gasteiger partial charge in [0.15, 0.2) is 0 Å². The molecule has 27 heavy (non-hydrogen) atoms. The van der Waals surface area contributed by atoms with E-state index in [0.29, 0.717) is 6.04 Å². The Balaban J connectivity index is 0.000000465. The number of hydrogen-bond acceptors (Lipinski definition) is 0. The summed E-state index contributed by atoms with van der Waals surface area (Å²) < 4.78 is 43.8. The van der Waals surface area contributed by atoms with Gasteiger partial charge >= 0.3 is 7.25 Å². The predicted octanol–water partition coefficient (Wildman–Crippen LogP) is 6.28. The number of aryl methyl sites for hydroxylation is 3. The van der Waals surface area contributed by atoms with E-state index < -0.39 is 7.25 Å². The van der Waals surface area contributed by atoms with Crippen molar-refractivity contribution in [2.75, 3.05) is 0 Å². The van der Waals surface area contributed by atoms with Crippen molar-refractivity contribution in [2.45, 2.75) is 71.8 Å². The molecule has 3 rings (SSSR count). The highest BCUT2D eigenvalue weighted by molar-refractivity contribution is 6.50. The van der Waals surface area contributed by atoms with Gasteiger partial charge in [0, 0.05) is 0 Å². The van der Waals surface area contributed by atoms with E-state index in [1.807, 2.05) is 0 Å². The summed E-state index contributed by atoms with van der Waals surface area (Å²) in [5.41, 5.74) is 5.41. The van der Waals surface area contributed by atoms with Crippen LogP contribution in [0.4, 0.5) is 17.3 Å². The molecule has 2 nitrogen and oxygen atoms in total. The average Bonchev–Trinajstić information content (AvgIpc) is 2.93. The maximum Gasteiger partial charge on any atom is 0.673 e. The minimum atomic E-state index is -6.00. The van der Waals surface area contributed by atoms with E-state index in [-0.39, 0.29) is 0 Å². The molecule has 1 saturated carbocycles. The van der Waals surface area contributed by atoms with Crippen LogP contribution in [0, 0.1) is 20.8 Å². The van der Waals surface area contributed by atoms with Gasteiger partial charge in [-0.15, -0.1) is 0 Å². The van der Waals surface area contributed by atoms with Gasteiger partial charge in [0.2, 0.25) is 6.33 Å². The minimum absolute atomic E-state index is 0.688. The molecule has 0 atom stereocenters. The van der Waals surface area contributed by atoms with Gasteiger partial charge in [-0.3, -0.25) is 0 Å². The number of imidazole rings is 1. The Morgan fingerprint density at radius 1 is 0.889 bits per heavy atom. The third-order valence-electron chi connectivity index (χ3n) is 5.05. The molecule has 7 heteroatoms.